The summed E-state index contributed by atoms with van der Waals surface area (Å²) in [4.78, 5) is 33.7. The van der Waals surface area contributed by atoms with Crippen LogP contribution in [0.25, 0.3) is 27.6 Å². The van der Waals surface area contributed by atoms with Crippen LogP contribution in [0.5, 0.6) is 0 Å². The predicted octanol–water partition coefficient (Wildman–Crippen LogP) is 9.30. The highest BCUT2D eigenvalue weighted by Gasteiger charge is 2.24. The number of nitrogens with zero attached hydrogens (tertiary/aromatic N) is 2. The van der Waals surface area contributed by atoms with Crippen molar-refractivity contribution < 1.29 is 14.4 Å². The monoisotopic (exact) mass is 574 g/mol. The third kappa shape index (κ3) is 5.59. The zero-order valence-corrected chi connectivity index (χ0v) is 24.7. The zero-order valence-electron chi connectivity index (χ0n) is 23.8. The number of aryl methyl sites for hydroxylation is 1. The molecule has 1 aliphatic carbocycles. The highest BCUT2D eigenvalue weighted by Crippen LogP contribution is 2.33. The minimum Gasteiger partial charge on any atom is -0.357 e. The van der Waals surface area contributed by atoms with Gasteiger partial charge in [-0.2, -0.15) is 0 Å². The van der Waals surface area contributed by atoms with Gasteiger partial charge in [-0.05, 0) is 67.1 Å². The Hall–Kier alpha value is -4.29. The molecule has 0 spiro atoms. The number of hydrogen-bond donors (Lipinski definition) is 0. The molecule has 2 aromatic heterocycles. The van der Waals surface area contributed by atoms with E-state index in [1.165, 1.54) is 30.6 Å². The first-order valence-corrected chi connectivity index (χ1v) is 15.6. The van der Waals surface area contributed by atoms with E-state index in [4.69, 9.17) is 4.84 Å². The second-order valence-electron chi connectivity index (χ2n) is 11.0. The maximum absolute atomic E-state index is 14.1. The number of thiophene rings is 1. The summed E-state index contributed by atoms with van der Waals surface area (Å²) in [6.45, 7) is 6.91. The summed E-state index contributed by atoms with van der Waals surface area (Å²) in [5.41, 5.74) is 4.53. The van der Waals surface area contributed by atoms with E-state index in [1.807, 2.05) is 84.2 Å². The van der Waals surface area contributed by atoms with Gasteiger partial charge < -0.3 is 9.40 Å². The first-order chi connectivity index (χ1) is 20.5. The normalized spacial score (nSPS) is 14.4. The molecule has 0 radical (unpaired) electrons. The largest absolute Gasteiger partial charge is 0.357 e. The van der Waals surface area contributed by atoms with Crippen LogP contribution in [0.3, 0.4) is 0 Å². The number of carbonyl (C=O) groups is 2. The Bertz CT molecular complexity index is 1790. The number of rotatable bonds is 10. The standard InChI is InChI=1S/C36H34N2O3S/c1-3-38-32-18-16-27(22-29(32)30-23-28(17-19-33(30)38)36(40)34-15-10-20-42-34)35(39)31(21-25-11-6-4-7-12-25)37-41-24(2)26-13-8-5-9-14-26/h5,8-10,13-20,22-23,25H,2-4,6-7,11-12,21H2,1H3/b37-31+. The second kappa shape index (κ2) is 12.3. The van der Waals surface area contributed by atoms with E-state index in [-0.39, 0.29) is 11.6 Å². The number of hydrogen-bond acceptors (Lipinski definition) is 5. The lowest BCUT2D eigenvalue weighted by Crippen LogP contribution is -2.20. The highest BCUT2D eigenvalue weighted by molar-refractivity contribution is 7.12. The maximum atomic E-state index is 14.1. The summed E-state index contributed by atoms with van der Waals surface area (Å²) in [5, 5.41) is 8.24. The van der Waals surface area contributed by atoms with Gasteiger partial charge in [0, 0.05) is 45.0 Å². The molecular weight excluding hydrogens is 540 g/mol. The molecule has 0 aliphatic heterocycles. The molecule has 2 heterocycles. The molecule has 5 aromatic rings. The van der Waals surface area contributed by atoms with Crippen LogP contribution in [0.1, 0.15) is 76.6 Å². The van der Waals surface area contributed by atoms with Crippen molar-refractivity contribution in [2.45, 2.75) is 52.0 Å². The van der Waals surface area contributed by atoms with Gasteiger partial charge in [0.05, 0.1) is 4.88 Å². The van der Waals surface area contributed by atoms with Crippen LogP contribution in [-0.4, -0.2) is 21.8 Å². The van der Waals surface area contributed by atoms with Crippen LogP contribution < -0.4 is 0 Å². The number of fused-ring (bicyclic) bond motifs is 3. The van der Waals surface area contributed by atoms with Crippen LogP contribution in [0.2, 0.25) is 0 Å². The van der Waals surface area contributed by atoms with E-state index < -0.39 is 0 Å². The lowest BCUT2D eigenvalue weighted by Gasteiger charge is -2.21. The Morgan fingerprint density at radius 1 is 0.881 bits per heavy atom. The summed E-state index contributed by atoms with van der Waals surface area (Å²) >= 11 is 1.44. The van der Waals surface area contributed by atoms with Gasteiger partial charge in [0.25, 0.3) is 0 Å². The van der Waals surface area contributed by atoms with Crippen molar-refractivity contribution in [3.05, 3.63) is 112 Å². The van der Waals surface area contributed by atoms with E-state index in [0.29, 0.717) is 39.8 Å². The van der Waals surface area contributed by atoms with Gasteiger partial charge in [0.15, 0.2) is 5.76 Å². The van der Waals surface area contributed by atoms with Gasteiger partial charge in [-0.25, -0.2) is 0 Å². The maximum Gasteiger partial charge on any atom is 0.210 e. The van der Waals surface area contributed by atoms with Crippen molar-refractivity contribution in [2.24, 2.45) is 11.1 Å². The molecule has 0 unspecified atom stereocenters. The van der Waals surface area contributed by atoms with Crippen molar-refractivity contribution in [3.63, 3.8) is 0 Å². The molecule has 3 aromatic carbocycles. The average molecular weight is 575 g/mol. The molecule has 0 atom stereocenters. The van der Waals surface area contributed by atoms with Crippen LogP contribution in [0, 0.1) is 5.92 Å². The molecule has 0 amide bonds. The van der Waals surface area contributed by atoms with Gasteiger partial charge in [-0.1, -0.05) is 80.2 Å². The summed E-state index contributed by atoms with van der Waals surface area (Å²) in [5.74, 6) is 0.696. The Morgan fingerprint density at radius 2 is 1.57 bits per heavy atom. The second-order valence-corrected chi connectivity index (χ2v) is 11.9. The predicted molar refractivity (Wildman–Crippen MR) is 172 cm³/mol. The quantitative estimate of drug-likeness (QED) is 0.0723. The molecule has 1 fully saturated rings. The van der Waals surface area contributed by atoms with E-state index in [1.54, 1.807) is 0 Å². The zero-order chi connectivity index (χ0) is 29.1. The first kappa shape index (κ1) is 27.9. The van der Waals surface area contributed by atoms with E-state index >= 15 is 0 Å². The average Bonchev–Trinajstić information content (AvgIpc) is 3.69. The van der Waals surface area contributed by atoms with Crippen molar-refractivity contribution in [1.29, 1.82) is 0 Å². The fraction of sp³-hybridized carbons (Fsp3) is 0.250. The number of benzene rings is 3. The minimum atomic E-state index is -0.133. The molecule has 42 heavy (non-hydrogen) atoms. The summed E-state index contributed by atoms with van der Waals surface area (Å²) in [6.07, 6.45) is 6.37. The SMILES string of the molecule is C=C(O/N=C(\CC1CCCCC1)C(=O)c1ccc2c(c1)c1cc(C(=O)c3cccs3)ccc1n2CC)c1ccccc1. The Balaban J connectivity index is 1.38. The third-order valence-corrected chi connectivity index (χ3v) is 9.15. The van der Waals surface area contributed by atoms with Gasteiger partial charge in [0.1, 0.15) is 5.71 Å². The minimum absolute atomic E-state index is 0.00854. The number of ketones is 2. The van der Waals surface area contributed by atoms with Crippen LogP contribution in [-0.2, 0) is 11.4 Å². The van der Waals surface area contributed by atoms with Crippen molar-refractivity contribution in [1.82, 2.24) is 4.57 Å². The van der Waals surface area contributed by atoms with Gasteiger partial charge in [-0.15, -0.1) is 11.3 Å². The third-order valence-electron chi connectivity index (χ3n) is 8.28. The molecule has 0 bridgehead atoms. The topological polar surface area (TPSA) is 60.7 Å². The highest BCUT2D eigenvalue weighted by atomic mass is 32.1. The van der Waals surface area contributed by atoms with E-state index in [9.17, 15) is 9.59 Å². The lowest BCUT2D eigenvalue weighted by atomic mass is 9.84. The summed E-state index contributed by atoms with van der Waals surface area (Å²) in [7, 11) is 0. The fourth-order valence-corrected chi connectivity index (χ4v) is 6.75. The molecular formula is C36H34N2O3S. The first-order valence-electron chi connectivity index (χ1n) is 14.7. The van der Waals surface area contributed by atoms with Crippen molar-refractivity contribution in [3.8, 4) is 0 Å². The van der Waals surface area contributed by atoms with Crippen LogP contribution >= 0.6 is 11.3 Å². The summed E-state index contributed by atoms with van der Waals surface area (Å²) in [6, 6.07) is 25.1. The van der Waals surface area contributed by atoms with Gasteiger partial charge >= 0.3 is 0 Å². The van der Waals surface area contributed by atoms with Crippen molar-refractivity contribution >= 4 is 56.2 Å². The number of oxime groups is 1. The molecule has 1 saturated carbocycles. The molecule has 212 valence electrons. The Labute approximate surface area is 250 Å². The fourth-order valence-electron chi connectivity index (χ4n) is 6.07. The van der Waals surface area contributed by atoms with Gasteiger partial charge in [-0.3, -0.25) is 9.59 Å². The van der Waals surface area contributed by atoms with E-state index in [0.717, 1.165) is 46.8 Å². The molecule has 0 N–H and O–H groups in total. The molecule has 1 aliphatic rings. The summed E-state index contributed by atoms with van der Waals surface area (Å²) < 4.78 is 2.22. The Kier molecular flexibility index (Phi) is 8.15. The van der Waals surface area contributed by atoms with Crippen LogP contribution in [0.15, 0.2) is 96.0 Å². The number of Topliss-reactive ketones (excluding diaryl/α,β-unsaturated/α-hetero) is 1. The molecule has 5 nitrogen and oxygen atoms in total. The Morgan fingerprint density at radius 3 is 2.24 bits per heavy atom. The molecule has 6 rings (SSSR count). The molecule has 6 heteroatoms. The molecule has 0 saturated heterocycles. The number of carbonyl (C=O) groups excluding carboxylic acids is 2. The van der Waals surface area contributed by atoms with Crippen molar-refractivity contribution in [2.75, 3.05) is 0 Å². The van der Waals surface area contributed by atoms with E-state index in [2.05, 4.69) is 23.2 Å². The number of aromatic nitrogens is 1. The van der Waals surface area contributed by atoms with Gasteiger partial charge in [0.2, 0.25) is 11.6 Å². The van der Waals surface area contributed by atoms with Crippen LogP contribution in [0.4, 0.5) is 0 Å². The lowest BCUT2D eigenvalue weighted by molar-refractivity contribution is 0.103. The smallest absolute Gasteiger partial charge is 0.210 e.